The summed E-state index contributed by atoms with van der Waals surface area (Å²) in [6.07, 6.45) is 1.05. The molecule has 0 bridgehead atoms. The van der Waals surface area contributed by atoms with Gasteiger partial charge in [0.1, 0.15) is 17.3 Å². The fourth-order valence-corrected chi connectivity index (χ4v) is 3.41. The Labute approximate surface area is 126 Å². The Bertz CT molecular complexity index is 689. The van der Waals surface area contributed by atoms with Crippen LogP contribution in [0.25, 0.3) is 0 Å². The van der Waals surface area contributed by atoms with E-state index in [9.17, 15) is 8.42 Å². The van der Waals surface area contributed by atoms with Gasteiger partial charge in [-0.3, -0.25) is 0 Å². The Kier molecular flexibility index (Phi) is 5.20. The summed E-state index contributed by atoms with van der Waals surface area (Å²) in [6, 6.07) is 10.5. The molecule has 2 aromatic rings. The first kappa shape index (κ1) is 15.8. The molecular formula is C16H21NO3S. The van der Waals surface area contributed by atoms with E-state index in [2.05, 4.69) is 12.2 Å². The van der Waals surface area contributed by atoms with Crippen molar-refractivity contribution in [2.75, 3.05) is 6.54 Å². The zero-order valence-electron chi connectivity index (χ0n) is 12.4. The largest absolute Gasteiger partial charge is 0.464 e. The molecule has 0 saturated carbocycles. The molecule has 0 aliphatic rings. The van der Waals surface area contributed by atoms with Crippen LogP contribution < -0.4 is 5.32 Å². The quantitative estimate of drug-likeness (QED) is 0.799. The smallest absolute Gasteiger partial charge is 0.185 e. The van der Waals surface area contributed by atoms with Crippen LogP contribution in [0.5, 0.6) is 0 Å². The lowest BCUT2D eigenvalue weighted by Crippen LogP contribution is -2.13. The maximum Gasteiger partial charge on any atom is 0.185 e. The van der Waals surface area contributed by atoms with E-state index in [1.807, 2.05) is 19.1 Å². The first-order valence-corrected chi connectivity index (χ1v) is 8.74. The Balaban J connectivity index is 2.07. The first-order chi connectivity index (χ1) is 10.0. The highest BCUT2D eigenvalue weighted by Crippen LogP contribution is 2.19. The molecule has 0 atom stereocenters. The van der Waals surface area contributed by atoms with Gasteiger partial charge < -0.3 is 9.73 Å². The van der Waals surface area contributed by atoms with E-state index >= 15 is 0 Å². The summed E-state index contributed by atoms with van der Waals surface area (Å²) in [6.45, 7) is 5.51. The van der Waals surface area contributed by atoms with Crippen LogP contribution in [0.15, 0.2) is 45.7 Å². The molecule has 21 heavy (non-hydrogen) atoms. The Morgan fingerprint density at radius 2 is 1.90 bits per heavy atom. The Hall–Kier alpha value is -1.59. The molecule has 1 heterocycles. The third-order valence-corrected chi connectivity index (χ3v) is 4.76. The summed E-state index contributed by atoms with van der Waals surface area (Å²) in [5, 5.41) is 3.22. The average Bonchev–Trinajstić information content (AvgIpc) is 2.86. The van der Waals surface area contributed by atoms with Gasteiger partial charge in [-0.1, -0.05) is 19.1 Å². The monoisotopic (exact) mass is 307 g/mol. The van der Waals surface area contributed by atoms with Gasteiger partial charge in [0.05, 0.1) is 11.4 Å². The molecule has 2 rings (SSSR count). The Morgan fingerprint density at radius 3 is 2.62 bits per heavy atom. The van der Waals surface area contributed by atoms with Crippen LogP contribution in [0, 0.1) is 6.92 Å². The molecule has 0 aliphatic heterocycles. The van der Waals surface area contributed by atoms with E-state index < -0.39 is 9.84 Å². The van der Waals surface area contributed by atoms with E-state index in [4.69, 9.17) is 4.42 Å². The molecule has 1 aromatic carbocycles. The van der Waals surface area contributed by atoms with E-state index in [1.165, 1.54) is 0 Å². The molecule has 0 saturated heterocycles. The van der Waals surface area contributed by atoms with Gasteiger partial charge in [0.25, 0.3) is 0 Å². The second-order valence-corrected chi connectivity index (χ2v) is 7.11. The minimum atomic E-state index is -3.36. The van der Waals surface area contributed by atoms with Gasteiger partial charge in [-0.2, -0.15) is 0 Å². The highest BCUT2D eigenvalue weighted by molar-refractivity contribution is 7.90. The van der Waals surface area contributed by atoms with Gasteiger partial charge in [-0.15, -0.1) is 0 Å². The molecular weight excluding hydrogens is 286 g/mol. The van der Waals surface area contributed by atoms with Crippen LogP contribution in [0.4, 0.5) is 0 Å². The van der Waals surface area contributed by atoms with Crippen molar-refractivity contribution in [2.45, 2.75) is 37.5 Å². The number of furan rings is 1. The van der Waals surface area contributed by atoms with Gasteiger partial charge in [-0.05, 0) is 49.7 Å². The number of hydrogen-bond acceptors (Lipinski definition) is 4. The minimum absolute atomic E-state index is 0.107. The van der Waals surface area contributed by atoms with Crippen LogP contribution in [0.1, 0.15) is 30.4 Å². The molecule has 5 heteroatoms. The van der Waals surface area contributed by atoms with Crippen molar-refractivity contribution in [3.63, 3.8) is 0 Å². The topological polar surface area (TPSA) is 59.3 Å². The zero-order valence-corrected chi connectivity index (χ0v) is 13.2. The molecule has 114 valence electrons. The molecule has 0 radical (unpaired) electrons. The second-order valence-electron chi connectivity index (χ2n) is 5.12. The van der Waals surface area contributed by atoms with Crippen LogP contribution >= 0.6 is 0 Å². The van der Waals surface area contributed by atoms with Crippen LogP contribution in [-0.4, -0.2) is 15.0 Å². The standard InChI is InChI=1S/C16H21NO3S/c1-3-9-17-11-14-7-8-15(20-14)12-21(18,19)16-6-4-5-13(2)10-16/h4-8,10,17H,3,9,11-12H2,1-2H3. The molecule has 0 spiro atoms. The number of benzene rings is 1. The van der Waals surface area contributed by atoms with Crippen molar-refractivity contribution in [2.24, 2.45) is 0 Å². The lowest BCUT2D eigenvalue weighted by Gasteiger charge is -2.04. The summed E-state index contributed by atoms with van der Waals surface area (Å²) in [5.74, 6) is 1.13. The maximum atomic E-state index is 12.3. The maximum absolute atomic E-state index is 12.3. The second kappa shape index (κ2) is 6.91. The van der Waals surface area contributed by atoms with Crippen LogP contribution in [0.2, 0.25) is 0 Å². The fraction of sp³-hybridized carbons (Fsp3) is 0.375. The van der Waals surface area contributed by atoms with Crippen molar-refractivity contribution < 1.29 is 12.8 Å². The number of rotatable bonds is 7. The normalized spacial score (nSPS) is 11.7. The van der Waals surface area contributed by atoms with Gasteiger partial charge in [-0.25, -0.2) is 8.42 Å². The molecule has 0 amide bonds. The van der Waals surface area contributed by atoms with Crippen molar-refractivity contribution in [3.8, 4) is 0 Å². The molecule has 0 fully saturated rings. The predicted molar refractivity (Wildman–Crippen MR) is 82.8 cm³/mol. The summed E-state index contributed by atoms with van der Waals surface area (Å²) in [4.78, 5) is 0.338. The lowest BCUT2D eigenvalue weighted by atomic mass is 10.2. The average molecular weight is 307 g/mol. The van der Waals surface area contributed by atoms with Gasteiger partial charge in [0.2, 0.25) is 0 Å². The van der Waals surface area contributed by atoms with E-state index in [1.54, 1.807) is 24.3 Å². The fourth-order valence-electron chi connectivity index (χ4n) is 2.06. The van der Waals surface area contributed by atoms with E-state index in [-0.39, 0.29) is 5.75 Å². The van der Waals surface area contributed by atoms with Crippen LogP contribution in [0.3, 0.4) is 0 Å². The highest BCUT2D eigenvalue weighted by Gasteiger charge is 2.17. The van der Waals surface area contributed by atoms with Gasteiger partial charge in [0, 0.05) is 0 Å². The summed E-state index contributed by atoms with van der Waals surface area (Å²) >= 11 is 0. The molecule has 0 aliphatic carbocycles. The van der Waals surface area contributed by atoms with Crippen molar-refractivity contribution in [1.29, 1.82) is 0 Å². The highest BCUT2D eigenvalue weighted by atomic mass is 32.2. The zero-order chi connectivity index (χ0) is 15.3. The van der Waals surface area contributed by atoms with Gasteiger partial charge in [0.15, 0.2) is 9.84 Å². The molecule has 0 unspecified atom stereocenters. The third-order valence-electron chi connectivity index (χ3n) is 3.12. The number of aryl methyl sites for hydroxylation is 1. The summed E-state index contributed by atoms with van der Waals surface area (Å²) < 4.78 is 30.3. The van der Waals surface area contributed by atoms with Crippen LogP contribution in [-0.2, 0) is 22.1 Å². The van der Waals surface area contributed by atoms with Crippen molar-refractivity contribution in [1.82, 2.24) is 5.32 Å². The predicted octanol–water partition coefficient (Wildman–Crippen LogP) is 3.06. The third kappa shape index (κ3) is 4.44. The lowest BCUT2D eigenvalue weighted by molar-refractivity contribution is 0.456. The van der Waals surface area contributed by atoms with Crippen molar-refractivity contribution >= 4 is 9.84 Å². The first-order valence-electron chi connectivity index (χ1n) is 7.09. The van der Waals surface area contributed by atoms with E-state index in [0.29, 0.717) is 17.2 Å². The Morgan fingerprint density at radius 1 is 1.14 bits per heavy atom. The summed E-state index contributed by atoms with van der Waals surface area (Å²) in [7, 11) is -3.36. The molecule has 1 aromatic heterocycles. The van der Waals surface area contributed by atoms with Crippen molar-refractivity contribution in [3.05, 3.63) is 53.5 Å². The van der Waals surface area contributed by atoms with E-state index in [0.717, 1.165) is 24.3 Å². The number of hydrogen-bond donors (Lipinski definition) is 1. The molecule has 1 N–H and O–H groups in total. The number of nitrogens with one attached hydrogen (secondary N) is 1. The van der Waals surface area contributed by atoms with Gasteiger partial charge >= 0.3 is 0 Å². The molecule has 4 nitrogen and oxygen atoms in total. The SMILES string of the molecule is CCCNCc1ccc(CS(=O)(=O)c2cccc(C)c2)o1. The minimum Gasteiger partial charge on any atom is -0.464 e. The number of sulfone groups is 1. The summed E-state index contributed by atoms with van der Waals surface area (Å²) in [5.41, 5.74) is 0.931.